The lowest BCUT2D eigenvalue weighted by atomic mass is 10.3. The van der Waals surface area contributed by atoms with E-state index in [1.807, 2.05) is 11.0 Å². The van der Waals surface area contributed by atoms with Gasteiger partial charge in [0.15, 0.2) is 0 Å². The minimum atomic E-state index is 0.353. The second-order valence-corrected chi connectivity index (χ2v) is 5.27. The second-order valence-electron chi connectivity index (χ2n) is 5.27. The van der Waals surface area contributed by atoms with Crippen LogP contribution >= 0.6 is 0 Å². The Kier molecular flexibility index (Phi) is 5.20. The molecular formula is C14H25N3O. The zero-order valence-corrected chi connectivity index (χ0v) is 11.3. The number of piperazine rings is 1. The van der Waals surface area contributed by atoms with Gasteiger partial charge < -0.3 is 9.80 Å². The van der Waals surface area contributed by atoms with Gasteiger partial charge in [-0.15, -0.1) is 6.58 Å². The molecule has 0 atom stereocenters. The van der Waals surface area contributed by atoms with Crippen LogP contribution in [0.3, 0.4) is 0 Å². The van der Waals surface area contributed by atoms with Crippen LogP contribution in [0.2, 0.25) is 0 Å². The summed E-state index contributed by atoms with van der Waals surface area (Å²) in [5, 5.41) is 0. The smallest absolute Gasteiger partial charge is 0.222 e. The Balaban J connectivity index is 1.57. The maximum atomic E-state index is 11.5. The van der Waals surface area contributed by atoms with Crippen LogP contribution < -0.4 is 0 Å². The molecule has 4 nitrogen and oxygen atoms in total. The Hall–Kier alpha value is -0.870. The fourth-order valence-corrected chi connectivity index (χ4v) is 2.80. The average molecular weight is 251 g/mol. The minimum Gasteiger partial charge on any atom is -0.343 e. The lowest BCUT2D eigenvalue weighted by Gasteiger charge is -2.34. The van der Waals surface area contributed by atoms with Crippen molar-refractivity contribution >= 4 is 5.91 Å². The molecule has 2 aliphatic rings. The minimum absolute atomic E-state index is 0.353. The molecule has 0 saturated carbocycles. The third-order valence-corrected chi connectivity index (χ3v) is 3.93. The van der Waals surface area contributed by atoms with Crippen LogP contribution in [-0.2, 0) is 4.79 Å². The van der Waals surface area contributed by atoms with Gasteiger partial charge in [0.05, 0.1) is 0 Å². The largest absolute Gasteiger partial charge is 0.343 e. The molecular weight excluding hydrogens is 226 g/mol. The molecule has 0 bridgehead atoms. The molecule has 0 aromatic rings. The van der Waals surface area contributed by atoms with Gasteiger partial charge in [0.25, 0.3) is 0 Å². The van der Waals surface area contributed by atoms with Crippen molar-refractivity contribution in [2.24, 2.45) is 0 Å². The van der Waals surface area contributed by atoms with E-state index in [4.69, 9.17) is 0 Å². The van der Waals surface area contributed by atoms with E-state index in [0.29, 0.717) is 5.91 Å². The number of hydrogen-bond donors (Lipinski definition) is 0. The molecule has 18 heavy (non-hydrogen) atoms. The summed E-state index contributed by atoms with van der Waals surface area (Å²) >= 11 is 0. The van der Waals surface area contributed by atoms with Gasteiger partial charge in [-0.25, -0.2) is 0 Å². The van der Waals surface area contributed by atoms with E-state index in [2.05, 4.69) is 16.4 Å². The Labute approximate surface area is 110 Å². The number of likely N-dealkylation sites (tertiary alicyclic amines) is 1. The maximum absolute atomic E-state index is 11.5. The molecule has 2 rings (SSSR count). The summed E-state index contributed by atoms with van der Waals surface area (Å²) in [6, 6.07) is 0. The van der Waals surface area contributed by atoms with Crippen molar-refractivity contribution in [3.05, 3.63) is 12.7 Å². The summed E-state index contributed by atoms with van der Waals surface area (Å²) in [6.07, 6.45) is 4.92. The van der Waals surface area contributed by atoms with Crippen molar-refractivity contribution in [1.82, 2.24) is 14.7 Å². The molecule has 0 N–H and O–H groups in total. The SMILES string of the molecule is C=CCN1CCN(CCCN2CCCC2=O)CC1. The Morgan fingerprint density at radius 2 is 1.78 bits per heavy atom. The first kappa shape index (κ1) is 13.6. The van der Waals surface area contributed by atoms with Gasteiger partial charge in [-0.1, -0.05) is 6.08 Å². The molecule has 0 aromatic heterocycles. The van der Waals surface area contributed by atoms with Crippen molar-refractivity contribution in [1.29, 1.82) is 0 Å². The Morgan fingerprint density at radius 3 is 2.39 bits per heavy atom. The van der Waals surface area contributed by atoms with Crippen LogP contribution in [-0.4, -0.2) is 73.0 Å². The molecule has 1 amide bonds. The van der Waals surface area contributed by atoms with Gasteiger partial charge >= 0.3 is 0 Å². The van der Waals surface area contributed by atoms with Gasteiger partial charge in [-0.3, -0.25) is 9.69 Å². The third-order valence-electron chi connectivity index (χ3n) is 3.93. The van der Waals surface area contributed by atoms with Crippen LogP contribution in [0.25, 0.3) is 0 Å². The zero-order valence-electron chi connectivity index (χ0n) is 11.3. The predicted octanol–water partition coefficient (Wildman–Crippen LogP) is 0.803. The van der Waals surface area contributed by atoms with E-state index in [0.717, 1.165) is 71.6 Å². The lowest BCUT2D eigenvalue weighted by Crippen LogP contribution is -2.46. The van der Waals surface area contributed by atoms with Crippen LogP contribution in [0.15, 0.2) is 12.7 Å². The molecule has 2 heterocycles. The Morgan fingerprint density at radius 1 is 1.06 bits per heavy atom. The third kappa shape index (κ3) is 3.82. The molecule has 4 heteroatoms. The van der Waals surface area contributed by atoms with Crippen molar-refractivity contribution in [2.75, 3.05) is 52.4 Å². The van der Waals surface area contributed by atoms with Crippen molar-refractivity contribution in [3.63, 3.8) is 0 Å². The normalized spacial score (nSPS) is 22.7. The number of amides is 1. The molecule has 0 spiro atoms. The van der Waals surface area contributed by atoms with Crippen molar-refractivity contribution < 1.29 is 4.79 Å². The number of rotatable bonds is 6. The topological polar surface area (TPSA) is 26.8 Å². The highest BCUT2D eigenvalue weighted by atomic mass is 16.2. The lowest BCUT2D eigenvalue weighted by molar-refractivity contribution is -0.127. The first-order chi connectivity index (χ1) is 8.79. The molecule has 0 aromatic carbocycles. The highest BCUT2D eigenvalue weighted by Gasteiger charge is 2.20. The fourth-order valence-electron chi connectivity index (χ4n) is 2.80. The molecule has 102 valence electrons. The molecule has 0 aliphatic carbocycles. The van der Waals surface area contributed by atoms with E-state index in [9.17, 15) is 4.79 Å². The second kappa shape index (κ2) is 6.90. The van der Waals surface area contributed by atoms with Gasteiger partial charge in [-0.05, 0) is 19.4 Å². The van der Waals surface area contributed by atoms with E-state index in [1.54, 1.807) is 0 Å². The van der Waals surface area contributed by atoms with Gasteiger partial charge in [0, 0.05) is 52.2 Å². The van der Waals surface area contributed by atoms with Crippen molar-refractivity contribution in [3.8, 4) is 0 Å². The summed E-state index contributed by atoms with van der Waals surface area (Å²) in [7, 11) is 0. The standard InChI is InChI=1S/C14H25N3O/c1-2-6-15-10-12-16(13-11-15)7-4-9-17-8-3-5-14(17)18/h2H,1,3-13H2. The van der Waals surface area contributed by atoms with Crippen LogP contribution in [0.5, 0.6) is 0 Å². The molecule has 2 saturated heterocycles. The molecule has 2 fully saturated rings. The summed E-state index contributed by atoms with van der Waals surface area (Å²) in [6.45, 7) is 12.5. The van der Waals surface area contributed by atoms with Gasteiger partial charge in [0.2, 0.25) is 5.91 Å². The highest BCUT2D eigenvalue weighted by Crippen LogP contribution is 2.10. The predicted molar refractivity (Wildman–Crippen MR) is 73.5 cm³/mol. The highest BCUT2D eigenvalue weighted by molar-refractivity contribution is 5.77. The number of hydrogen-bond acceptors (Lipinski definition) is 3. The number of carbonyl (C=O) groups excluding carboxylic acids is 1. The quantitative estimate of drug-likeness (QED) is 0.653. The number of nitrogens with zero attached hydrogens (tertiary/aromatic N) is 3. The average Bonchev–Trinajstić information content (AvgIpc) is 2.78. The fraction of sp³-hybridized carbons (Fsp3) is 0.786. The molecule has 0 radical (unpaired) electrons. The van der Waals surface area contributed by atoms with Crippen LogP contribution in [0, 0.1) is 0 Å². The summed E-state index contributed by atoms with van der Waals surface area (Å²) in [4.78, 5) is 18.4. The summed E-state index contributed by atoms with van der Waals surface area (Å²) in [5.74, 6) is 0.353. The maximum Gasteiger partial charge on any atom is 0.222 e. The first-order valence-corrected chi connectivity index (χ1v) is 7.13. The van der Waals surface area contributed by atoms with Gasteiger partial charge in [0.1, 0.15) is 0 Å². The zero-order chi connectivity index (χ0) is 12.8. The van der Waals surface area contributed by atoms with E-state index in [-0.39, 0.29) is 0 Å². The van der Waals surface area contributed by atoms with Gasteiger partial charge in [-0.2, -0.15) is 0 Å². The summed E-state index contributed by atoms with van der Waals surface area (Å²) < 4.78 is 0. The van der Waals surface area contributed by atoms with E-state index < -0.39 is 0 Å². The summed E-state index contributed by atoms with van der Waals surface area (Å²) in [5.41, 5.74) is 0. The molecule has 2 aliphatic heterocycles. The van der Waals surface area contributed by atoms with Crippen LogP contribution in [0.1, 0.15) is 19.3 Å². The Bertz CT molecular complexity index is 285. The van der Waals surface area contributed by atoms with Crippen LogP contribution in [0.4, 0.5) is 0 Å². The molecule has 0 unspecified atom stereocenters. The monoisotopic (exact) mass is 251 g/mol. The number of carbonyl (C=O) groups is 1. The van der Waals surface area contributed by atoms with E-state index in [1.165, 1.54) is 0 Å². The van der Waals surface area contributed by atoms with Crippen molar-refractivity contribution in [2.45, 2.75) is 19.3 Å². The van der Waals surface area contributed by atoms with E-state index >= 15 is 0 Å². The first-order valence-electron chi connectivity index (χ1n) is 7.13.